The highest BCUT2D eigenvalue weighted by atomic mass is 19.4. The molecular formula is C30H29F9. The van der Waals surface area contributed by atoms with Crippen LogP contribution in [-0.4, -0.2) is 0 Å². The van der Waals surface area contributed by atoms with Gasteiger partial charge < -0.3 is 0 Å². The van der Waals surface area contributed by atoms with Crippen LogP contribution in [0.2, 0.25) is 0 Å². The van der Waals surface area contributed by atoms with E-state index >= 15 is 0 Å². The average molecular weight is 561 g/mol. The minimum Gasteiger partial charge on any atom is -0.166 e. The number of benzene rings is 3. The van der Waals surface area contributed by atoms with Crippen LogP contribution < -0.4 is 0 Å². The first-order valence-corrected chi connectivity index (χ1v) is 12.4. The van der Waals surface area contributed by atoms with Crippen molar-refractivity contribution in [2.75, 3.05) is 0 Å². The largest absolute Gasteiger partial charge is 0.417 e. The molecule has 0 saturated heterocycles. The van der Waals surface area contributed by atoms with Crippen molar-refractivity contribution >= 4 is 0 Å². The highest BCUT2D eigenvalue weighted by Gasteiger charge is 2.40. The summed E-state index contributed by atoms with van der Waals surface area (Å²) in [7, 11) is 0. The zero-order valence-electron chi connectivity index (χ0n) is 22.3. The van der Waals surface area contributed by atoms with Gasteiger partial charge in [0.1, 0.15) is 0 Å². The molecule has 3 aromatic rings. The molecule has 0 unspecified atom stereocenters. The van der Waals surface area contributed by atoms with Crippen LogP contribution in [0.5, 0.6) is 0 Å². The fourth-order valence-corrected chi connectivity index (χ4v) is 4.65. The second kappa shape index (κ2) is 10.5. The highest BCUT2D eigenvalue weighted by molar-refractivity contribution is 5.81. The van der Waals surface area contributed by atoms with Crippen LogP contribution in [0.4, 0.5) is 39.5 Å². The monoisotopic (exact) mass is 560 g/mol. The van der Waals surface area contributed by atoms with Gasteiger partial charge in [0.25, 0.3) is 0 Å². The van der Waals surface area contributed by atoms with Gasteiger partial charge in [-0.15, -0.1) is 0 Å². The molecule has 0 aliphatic rings. The molecule has 0 fully saturated rings. The van der Waals surface area contributed by atoms with E-state index in [1.807, 2.05) is 0 Å². The van der Waals surface area contributed by atoms with Gasteiger partial charge in [0.2, 0.25) is 0 Å². The van der Waals surface area contributed by atoms with Crippen LogP contribution in [0.25, 0.3) is 22.3 Å². The molecule has 3 rings (SSSR count). The maximum absolute atomic E-state index is 14.5. The Kier molecular flexibility index (Phi) is 8.26. The van der Waals surface area contributed by atoms with Gasteiger partial charge >= 0.3 is 18.5 Å². The molecule has 0 aliphatic carbocycles. The van der Waals surface area contributed by atoms with E-state index in [4.69, 9.17) is 0 Å². The van der Waals surface area contributed by atoms with Crippen LogP contribution in [0, 0.1) is 0 Å². The summed E-state index contributed by atoms with van der Waals surface area (Å²) >= 11 is 0. The lowest BCUT2D eigenvalue weighted by atomic mass is 9.81. The summed E-state index contributed by atoms with van der Waals surface area (Å²) in [4.78, 5) is 0. The second-order valence-electron chi connectivity index (χ2n) is 10.5. The van der Waals surface area contributed by atoms with Crippen molar-refractivity contribution in [3.8, 4) is 22.3 Å². The molecule has 0 bridgehead atoms. The first-order valence-electron chi connectivity index (χ1n) is 12.4. The molecule has 0 aromatic heterocycles. The molecule has 212 valence electrons. The van der Waals surface area contributed by atoms with Crippen LogP contribution in [0.1, 0.15) is 92.7 Å². The molecule has 0 radical (unpaired) electrons. The third kappa shape index (κ3) is 6.44. The van der Waals surface area contributed by atoms with E-state index in [0.29, 0.717) is 17.2 Å². The van der Waals surface area contributed by atoms with E-state index in [0.717, 1.165) is 30.3 Å². The van der Waals surface area contributed by atoms with Gasteiger partial charge in [0.05, 0.1) is 16.7 Å². The number of hydrogen-bond acceptors (Lipinski definition) is 0. The quantitative estimate of drug-likeness (QED) is 0.272. The number of alkyl halides is 9. The summed E-state index contributed by atoms with van der Waals surface area (Å²) in [6, 6.07) is 7.82. The average Bonchev–Trinajstić information content (AvgIpc) is 2.80. The molecule has 0 nitrogen and oxygen atoms in total. The van der Waals surface area contributed by atoms with Gasteiger partial charge in [0, 0.05) is 0 Å². The van der Waals surface area contributed by atoms with Crippen molar-refractivity contribution < 1.29 is 39.5 Å². The molecule has 0 amide bonds. The van der Waals surface area contributed by atoms with Crippen molar-refractivity contribution in [3.63, 3.8) is 0 Å². The molecule has 0 heterocycles. The Hall–Kier alpha value is -2.97. The van der Waals surface area contributed by atoms with E-state index in [1.165, 1.54) is 12.1 Å². The van der Waals surface area contributed by atoms with E-state index in [2.05, 4.69) is 0 Å². The van der Waals surface area contributed by atoms with E-state index < -0.39 is 52.3 Å². The van der Waals surface area contributed by atoms with Crippen molar-refractivity contribution in [1.29, 1.82) is 0 Å². The molecular weight excluding hydrogens is 531 g/mol. The van der Waals surface area contributed by atoms with Gasteiger partial charge in [-0.1, -0.05) is 59.7 Å². The smallest absolute Gasteiger partial charge is 0.166 e. The maximum Gasteiger partial charge on any atom is 0.417 e. The van der Waals surface area contributed by atoms with Crippen molar-refractivity contribution in [2.24, 2.45) is 0 Å². The zero-order valence-corrected chi connectivity index (χ0v) is 22.3. The third-order valence-corrected chi connectivity index (χ3v) is 6.72. The van der Waals surface area contributed by atoms with Gasteiger partial charge in [0.15, 0.2) is 0 Å². The van der Waals surface area contributed by atoms with Crippen molar-refractivity contribution in [2.45, 2.75) is 77.8 Å². The zero-order chi connectivity index (χ0) is 29.7. The predicted molar refractivity (Wildman–Crippen MR) is 135 cm³/mol. The molecule has 0 N–H and O–H groups in total. The Morgan fingerprint density at radius 2 is 0.949 bits per heavy atom. The minimum atomic E-state index is -5.09. The van der Waals surface area contributed by atoms with Crippen LogP contribution in [0.3, 0.4) is 0 Å². The molecule has 39 heavy (non-hydrogen) atoms. The Morgan fingerprint density at radius 1 is 0.436 bits per heavy atom. The Labute approximate surface area is 221 Å². The Morgan fingerprint density at radius 3 is 1.41 bits per heavy atom. The van der Waals surface area contributed by atoms with Crippen molar-refractivity contribution in [3.05, 3.63) is 81.9 Å². The van der Waals surface area contributed by atoms with E-state index in [9.17, 15) is 39.5 Å². The fraction of sp³-hybridized carbons (Fsp3) is 0.400. The van der Waals surface area contributed by atoms with Gasteiger partial charge in [-0.25, -0.2) is 0 Å². The molecule has 0 spiro atoms. The predicted octanol–water partition coefficient (Wildman–Crippen LogP) is 11.4. The maximum atomic E-state index is 14.5. The molecule has 3 aromatic carbocycles. The van der Waals surface area contributed by atoms with Crippen LogP contribution in [0.15, 0.2) is 48.5 Å². The van der Waals surface area contributed by atoms with E-state index in [1.54, 1.807) is 41.5 Å². The Balaban J connectivity index is 2.52. The van der Waals surface area contributed by atoms with Crippen molar-refractivity contribution in [1.82, 2.24) is 0 Å². The summed E-state index contributed by atoms with van der Waals surface area (Å²) in [5.41, 5.74) is -3.99. The summed E-state index contributed by atoms with van der Waals surface area (Å²) in [6.07, 6.45) is -14.8. The minimum absolute atomic E-state index is 0.0347. The normalized spacial score (nSPS) is 13.2. The summed E-state index contributed by atoms with van der Waals surface area (Å²) in [5, 5.41) is 0. The molecule has 0 atom stereocenters. The topological polar surface area (TPSA) is 0 Å². The summed E-state index contributed by atoms with van der Waals surface area (Å²) < 4.78 is 126. The Bertz CT molecular complexity index is 1340. The van der Waals surface area contributed by atoms with Crippen LogP contribution >= 0.6 is 0 Å². The fourth-order valence-electron chi connectivity index (χ4n) is 4.65. The SMILES string of the molecule is CC(C)c1ccc(C(F)(F)F)c(-c2cc(C(C)C)c(-c3cc(C(F)(F)F)ccc3C(C)C)cc2C(F)(F)F)c1. The number of halogens is 9. The number of rotatable bonds is 5. The number of hydrogen-bond donors (Lipinski definition) is 0. The van der Waals surface area contributed by atoms with Gasteiger partial charge in [-0.2, -0.15) is 39.5 Å². The third-order valence-electron chi connectivity index (χ3n) is 6.72. The lowest BCUT2D eigenvalue weighted by Crippen LogP contribution is -2.14. The van der Waals surface area contributed by atoms with Crippen LogP contribution in [-0.2, 0) is 18.5 Å². The standard InChI is InChI=1S/C30H29F9/c1-15(2)18-7-10-26(29(34,35)36)24(11-18)25-13-21(17(5)6)23(14-27(25)30(37,38)39)22-12-19(28(31,32)33)8-9-20(22)16(3)4/h7-17H,1-6H3. The summed E-state index contributed by atoms with van der Waals surface area (Å²) in [6.45, 7) is 10.1. The second-order valence-corrected chi connectivity index (χ2v) is 10.5. The van der Waals surface area contributed by atoms with Gasteiger partial charge in [-0.3, -0.25) is 0 Å². The van der Waals surface area contributed by atoms with Gasteiger partial charge in [-0.05, 0) is 87.0 Å². The molecule has 0 saturated carbocycles. The van der Waals surface area contributed by atoms with E-state index in [-0.39, 0.29) is 28.5 Å². The lowest BCUT2D eigenvalue weighted by Gasteiger charge is -2.25. The highest BCUT2D eigenvalue weighted by Crippen LogP contribution is 2.48. The molecule has 9 heteroatoms. The molecule has 0 aliphatic heterocycles. The first-order chi connectivity index (χ1) is 17.7. The first kappa shape index (κ1) is 30.6. The lowest BCUT2D eigenvalue weighted by molar-refractivity contribution is -0.139. The summed E-state index contributed by atoms with van der Waals surface area (Å²) in [5.74, 6) is -1.11.